The van der Waals surface area contributed by atoms with E-state index in [4.69, 9.17) is 4.42 Å². The van der Waals surface area contributed by atoms with Crippen LogP contribution in [0, 0.1) is 5.82 Å². The fourth-order valence-electron chi connectivity index (χ4n) is 3.30. The molecule has 1 atom stereocenters. The second-order valence-electron chi connectivity index (χ2n) is 6.80. The molecule has 1 unspecified atom stereocenters. The van der Waals surface area contributed by atoms with Crippen molar-refractivity contribution in [2.45, 2.75) is 19.0 Å². The van der Waals surface area contributed by atoms with E-state index in [1.807, 2.05) is 41.6 Å². The lowest BCUT2D eigenvalue weighted by molar-refractivity contribution is -0.134. The Bertz CT molecular complexity index is 952. The molecular formula is C21H20FN3O2S. The molecule has 0 N–H and O–H groups in total. The lowest BCUT2D eigenvalue weighted by atomic mass is 10.1. The highest BCUT2D eigenvalue weighted by Gasteiger charge is 2.34. The third kappa shape index (κ3) is 4.05. The predicted molar refractivity (Wildman–Crippen MR) is 107 cm³/mol. The highest BCUT2D eigenvalue weighted by atomic mass is 32.1. The van der Waals surface area contributed by atoms with Crippen LogP contribution in [0.2, 0.25) is 0 Å². The maximum absolute atomic E-state index is 13.1. The molecule has 0 radical (unpaired) electrons. The summed E-state index contributed by atoms with van der Waals surface area (Å²) in [6.07, 6.45) is 2.24. The van der Waals surface area contributed by atoms with Gasteiger partial charge in [-0.25, -0.2) is 9.40 Å². The molecule has 3 heterocycles. The number of likely N-dealkylation sites (N-methyl/N-ethyl adjacent to an activating group) is 1. The first-order chi connectivity index (χ1) is 13.6. The van der Waals surface area contributed by atoms with E-state index in [-0.39, 0.29) is 24.3 Å². The van der Waals surface area contributed by atoms with Crippen LogP contribution < -0.4 is 0 Å². The molecule has 1 aliphatic rings. The molecule has 0 saturated carbocycles. The summed E-state index contributed by atoms with van der Waals surface area (Å²) in [5, 5.41) is 8.15. The predicted octanol–water partition coefficient (Wildman–Crippen LogP) is 4.29. The summed E-state index contributed by atoms with van der Waals surface area (Å²) in [5.41, 5.74) is 1.73. The fourth-order valence-corrected chi connectivity index (χ4v) is 4.11. The number of hydrazone groups is 1. The van der Waals surface area contributed by atoms with Crippen LogP contribution in [0.1, 0.15) is 28.7 Å². The van der Waals surface area contributed by atoms with Crippen LogP contribution in [0.15, 0.2) is 69.7 Å². The van der Waals surface area contributed by atoms with Gasteiger partial charge in [0, 0.05) is 17.8 Å². The van der Waals surface area contributed by atoms with E-state index >= 15 is 0 Å². The highest BCUT2D eigenvalue weighted by molar-refractivity contribution is 7.10. The number of hydrogen-bond acceptors (Lipinski definition) is 5. The van der Waals surface area contributed by atoms with Crippen molar-refractivity contribution in [3.63, 3.8) is 0 Å². The van der Waals surface area contributed by atoms with Crippen molar-refractivity contribution >= 4 is 23.0 Å². The number of thiophene rings is 1. The van der Waals surface area contributed by atoms with Crippen molar-refractivity contribution in [2.24, 2.45) is 5.10 Å². The van der Waals surface area contributed by atoms with Gasteiger partial charge in [-0.2, -0.15) is 5.10 Å². The van der Waals surface area contributed by atoms with Crippen molar-refractivity contribution in [1.29, 1.82) is 0 Å². The molecule has 2 aromatic heterocycles. The molecule has 0 bridgehead atoms. The van der Waals surface area contributed by atoms with Crippen molar-refractivity contribution in [3.8, 4) is 0 Å². The largest absolute Gasteiger partial charge is 0.463 e. The Morgan fingerprint density at radius 2 is 2.11 bits per heavy atom. The van der Waals surface area contributed by atoms with E-state index in [1.54, 1.807) is 34.7 Å². The van der Waals surface area contributed by atoms with E-state index in [1.165, 1.54) is 12.1 Å². The molecule has 0 spiro atoms. The van der Waals surface area contributed by atoms with Crippen molar-refractivity contribution in [1.82, 2.24) is 9.91 Å². The summed E-state index contributed by atoms with van der Waals surface area (Å²) >= 11 is 1.62. The molecule has 3 aromatic rings. The maximum Gasteiger partial charge on any atom is 0.257 e. The second-order valence-corrected chi connectivity index (χ2v) is 7.78. The zero-order valence-electron chi connectivity index (χ0n) is 15.4. The van der Waals surface area contributed by atoms with Crippen LogP contribution >= 0.6 is 11.3 Å². The van der Waals surface area contributed by atoms with Crippen LogP contribution in [-0.2, 0) is 11.3 Å². The van der Waals surface area contributed by atoms with Crippen molar-refractivity contribution < 1.29 is 13.6 Å². The molecule has 144 valence electrons. The number of halogens is 1. The van der Waals surface area contributed by atoms with Crippen LogP contribution in [0.4, 0.5) is 4.39 Å². The number of carbonyl (C=O) groups excluding carboxylic acids is 1. The number of benzene rings is 1. The smallest absolute Gasteiger partial charge is 0.257 e. The van der Waals surface area contributed by atoms with Crippen molar-refractivity contribution in [2.75, 3.05) is 13.6 Å². The minimum Gasteiger partial charge on any atom is -0.463 e. The quantitative estimate of drug-likeness (QED) is 0.623. The first kappa shape index (κ1) is 18.6. The molecular weight excluding hydrogens is 377 g/mol. The van der Waals surface area contributed by atoms with Crippen LogP contribution in [0.3, 0.4) is 0 Å². The first-order valence-electron chi connectivity index (χ1n) is 9.00. The molecule has 1 aromatic carbocycles. The van der Waals surface area contributed by atoms with E-state index < -0.39 is 0 Å². The summed E-state index contributed by atoms with van der Waals surface area (Å²) in [4.78, 5) is 16.0. The maximum atomic E-state index is 13.1. The number of amides is 1. The number of furan rings is 1. The van der Waals surface area contributed by atoms with E-state index in [0.717, 1.165) is 16.2 Å². The Hall–Kier alpha value is -2.77. The zero-order valence-corrected chi connectivity index (χ0v) is 16.2. The van der Waals surface area contributed by atoms with Gasteiger partial charge in [-0.1, -0.05) is 18.2 Å². The normalized spacial score (nSPS) is 16.6. The fraction of sp³-hybridized carbons (Fsp3) is 0.238. The van der Waals surface area contributed by atoms with E-state index in [9.17, 15) is 9.18 Å². The third-order valence-corrected chi connectivity index (χ3v) is 5.59. The van der Waals surface area contributed by atoms with Gasteiger partial charge in [0.2, 0.25) is 0 Å². The summed E-state index contributed by atoms with van der Waals surface area (Å²) in [5.74, 6) is 0.346. The minimum atomic E-state index is -0.266. The van der Waals surface area contributed by atoms with Crippen LogP contribution in [0.5, 0.6) is 0 Å². The van der Waals surface area contributed by atoms with Gasteiger partial charge in [0.1, 0.15) is 17.3 Å². The number of carbonyl (C=O) groups is 1. The second kappa shape index (κ2) is 8.08. The summed E-state index contributed by atoms with van der Waals surface area (Å²) in [7, 11) is 1.87. The number of nitrogens with zero attached hydrogens (tertiary/aromatic N) is 3. The molecule has 5 nitrogen and oxygen atoms in total. The van der Waals surface area contributed by atoms with Gasteiger partial charge in [0.05, 0.1) is 18.8 Å². The topological polar surface area (TPSA) is 49.1 Å². The zero-order chi connectivity index (χ0) is 19.5. The third-order valence-electron chi connectivity index (χ3n) is 4.61. The van der Waals surface area contributed by atoms with Crippen molar-refractivity contribution in [3.05, 3.63) is 82.2 Å². The Morgan fingerprint density at radius 1 is 1.29 bits per heavy atom. The lowest BCUT2D eigenvalue weighted by Crippen LogP contribution is -2.36. The molecule has 0 saturated heterocycles. The summed E-state index contributed by atoms with van der Waals surface area (Å²) in [6.45, 7) is 0.770. The van der Waals surface area contributed by atoms with Gasteiger partial charge in [0.15, 0.2) is 0 Å². The van der Waals surface area contributed by atoms with Crippen LogP contribution in [-0.4, -0.2) is 35.1 Å². The van der Waals surface area contributed by atoms with E-state index in [0.29, 0.717) is 18.7 Å². The Balaban J connectivity index is 1.49. The number of rotatable bonds is 6. The lowest BCUT2D eigenvalue weighted by Gasteiger charge is -2.24. The minimum absolute atomic E-state index is 0.0791. The SMILES string of the molecule is CN(CC(=O)N1N=C(c2ccco2)CC1c1cccs1)Cc1ccc(F)cc1. The van der Waals surface area contributed by atoms with Gasteiger partial charge in [-0.3, -0.25) is 9.69 Å². The molecule has 7 heteroatoms. The average Bonchev–Trinajstić information content (AvgIpc) is 3.43. The molecule has 0 fully saturated rings. The Labute approximate surface area is 166 Å². The van der Waals surface area contributed by atoms with Gasteiger partial charge in [-0.05, 0) is 48.3 Å². The standard InChI is InChI=1S/C21H20FN3O2S/c1-24(13-15-6-8-16(22)9-7-15)14-21(26)25-18(20-5-3-11-28-20)12-17(23-25)19-4-2-10-27-19/h2-11,18H,12-14H2,1H3. The summed E-state index contributed by atoms with van der Waals surface area (Å²) < 4.78 is 18.5. The monoisotopic (exact) mass is 397 g/mol. The average molecular weight is 397 g/mol. The van der Waals surface area contributed by atoms with E-state index in [2.05, 4.69) is 5.10 Å². The van der Waals surface area contributed by atoms with Gasteiger partial charge < -0.3 is 4.42 Å². The van der Waals surface area contributed by atoms with Gasteiger partial charge in [0.25, 0.3) is 5.91 Å². The number of hydrogen-bond donors (Lipinski definition) is 0. The Morgan fingerprint density at radius 3 is 2.79 bits per heavy atom. The molecule has 1 aliphatic heterocycles. The highest BCUT2D eigenvalue weighted by Crippen LogP contribution is 2.35. The van der Waals surface area contributed by atoms with Gasteiger partial charge >= 0.3 is 0 Å². The molecule has 4 rings (SSSR count). The first-order valence-corrected chi connectivity index (χ1v) is 9.88. The Kier molecular flexibility index (Phi) is 5.36. The summed E-state index contributed by atoms with van der Waals surface area (Å²) in [6, 6.07) is 13.9. The van der Waals surface area contributed by atoms with Crippen LogP contribution in [0.25, 0.3) is 0 Å². The molecule has 0 aliphatic carbocycles. The molecule has 28 heavy (non-hydrogen) atoms. The van der Waals surface area contributed by atoms with Gasteiger partial charge in [-0.15, -0.1) is 11.3 Å². The molecule has 1 amide bonds.